The molecule has 3 atom stereocenters. The maximum atomic E-state index is 13.0. The lowest BCUT2D eigenvalue weighted by atomic mass is 9.89. The summed E-state index contributed by atoms with van der Waals surface area (Å²) in [5.41, 5.74) is 2.96. The molecule has 4 fully saturated rings. The molecule has 2 aliphatic heterocycles. The first-order valence-corrected chi connectivity index (χ1v) is 10.4. The van der Waals surface area contributed by atoms with Crippen LogP contribution >= 0.6 is 0 Å². The lowest BCUT2D eigenvalue weighted by Crippen LogP contribution is -2.49. The van der Waals surface area contributed by atoms with Gasteiger partial charge in [0.05, 0.1) is 0 Å². The smallest absolute Gasteiger partial charge is 0.317 e. The average molecular weight is 354 g/mol. The van der Waals surface area contributed by atoms with E-state index in [0.29, 0.717) is 23.8 Å². The van der Waals surface area contributed by atoms with E-state index in [1.165, 1.54) is 30.4 Å². The number of likely N-dealkylation sites (tertiary alicyclic amines) is 1. The van der Waals surface area contributed by atoms with Crippen molar-refractivity contribution >= 4 is 6.03 Å². The Bertz CT molecular complexity index is 678. The number of amides is 2. The molecule has 2 amide bonds. The van der Waals surface area contributed by atoms with Gasteiger partial charge in [-0.1, -0.05) is 29.8 Å². The number of ether oxygens (including phenoxy) is 1. The predicted octanol–water partition coefficient (Wildman–Crippen LogP) is 3.48. The maximum Gasteiger partial charge on any atom is 0.317 e. The molecule has 2 heterocycles. The summed E-state index contributed by atoms with van der Waals surface area (Å²) in [6.07, 6.45) is 5.98. The van der Waals surface area contributed by atoms with Crippen LogP contribution in [0.3, 0.4) is 0 Å². The molecule has 4 heteroatoms. The highest BCUT2D eigenvalue weighted by atomic mass is 16.5. The van der Waals surface area contributed by atoms with Crippen LogP contribution in [-0.4, -0.2) is 43.3 Å². The van der Waals surface area contributed by atoms with Gasteiger partial charge in [0.15, 0.2) is 0 Å². The normalized spacial score (nSPS) is 32.2. The number of urea groups is 1. The molecule has 26 heavy (non-hydrogen) atoms. The highest BCUT2D eigenvalue weighted by molar-refractivity contribution is 5.76. The topological polar surface area (TPSA) is 41.6 Å². The number of rotatable bonds is 4. The van der Waals surface area contributed by atoms with Gasteiger partial charge in [-0.05, 0) is 62.3 Å². The number of nitrogens with zero attached hydrogens (tertiary/aromatic N) is 1. The summed E-state index contributed by atoms with van der Waals surface area (Å²) in [7, 11) is 0. The van der Waals surface area contributed by atoms with Crippen LogP contribution in [0.4, 0.5) is 4.79 Å². The molecule has 0 bridgehead atoms. The van der Waals surface area contributed by atoms with Crippen molar-refractivity contribution in [2.24, 2.45) is 17.8 Å². The molecule has 2 aliphatic carbocycles. The Morgan fingerprint density at radius 2 is 1.85 bits per heavy atom. The summed E-state index contributed by atoms with van der Waals surface area (Å²) in [4.78, 5) is 15.1. The van der Waals surface area contributed by atoms with Gasteiger partial charge in [-0.25, -0.2) is 4.79 Å². The zero-order valence-electron chi connectivity index (χ0n) is 15.7. The van der Waals surface area contributed by atoms with E-state index in [9.17, 15) is 4.79 Å². The second kappa shape index (κ2) is 6.26. The third-order valence-corrected chi connectivity index (χ3v) is 7.25. The molecule has 4 nitrogen and oxygen atoms in total. The van der Waals surface area contributed by atoms with Crippen LogP contribution < -0.4 is 5.32 Å². The van der Waals surface area contributed by atoms with Gasteiger partial charge in [-0.2, -0.15) is 0 Å². The van der Waals surface area contributed by atoms with E-state index in [1.54, 1.807) is 0 Å². The zero-order valence-corrected chi connectivity index (χ0v) is 15.7. The van der Waals surface area contributed by atoms with Crippen LogP contribution in [0.15, 0.2) is 24.3 Å². The largest absolute Gasteiger partial charge is 0.381 e. The van der Waals surface area contributed by atoms with Crippen molar-refractivity contribution in [1.29, 1.82) is 0 Å². The second-order valence-corrected chi connectivity index (χ2v) is 9.07. The minimum Gasteiger partial charge on any atom is -0.381 e. The third kappa shape index (κ3) is 2.92. The van der Waals surface area contributed by atoms with Crippen LogP contribution in [0.1, 0.15) is 43.2 Å². The maximum absolute atomic E-state index is 13.0. The molecule has 140 valence electrons. The van der Waals surface area contributed by atoms with Gasteiger partial charge in [0, 0.05) is 37.8 Å². The number of fused-ring (bicyclic) bond motifs is 1. The lowest BCUT2D eigenvalue weighted by Gasteiger charge is -2.33. The average Bonchev–Trinajstić information content (AvgIpc) is 3.59. The van der Waals surface area contributed by atoms with Crippen molar-refractivity contribution in [3.05, 3.63) is 35.4 Å². The first-order chi connectivity index (χ1) is 12.7. The second-order valence-electron chi connectivity index (χ2n) is 9.07. The number of carbonyl (C=O) groups excluding carboxylic acids is 1. The molecule has 1 N–H and O–H groups in total. The molecule has 5 rings (SSSR count). The SMILES string of the molecule is Cc1ccc([C@]23C[C@H]2CN(C(=O)NC(C2CCOCC2)C2CC2)C3)cc1. The molecule has 2 saturated carbocycles. The Hall–Kier alpha value is -1.55. The van der Waals surface area contributed by atoms with Crippen LogP contribution in [0, 0.1) is 24.7 Å². The van der Waals surface area contributed by atoms with E-state index in [4.69, 9.17) is 4.74 Å². The molecule has 0 radical (unpaired) electrons. The molecule has 2 saturated heterocycles. The Balaban J connectivity index is 1.24. The number of hydrogen-bond donors (Lipinski definition) is 1. The molecule has 4 aliphatic rings. The molecular weight excluding hydrogens is 324 g/mol. The van der Waals surface area contributed by atoms with Gasteiger partial charge in [0.25, 0.3) is 0 Å². The highest BCUT2D eigenvalue weighted by Crippen LogP contribution is 2.59. The monoisotopic (exact) mass is 354 g/mol. The number of benzene rings is 1. The van der Waals surface area contributed by atoms with Gasteiger partial charge in [0.2, 0.25) is 0 Å². The fourth-order valence-corrected chi connectivity index (χ4v) is 5.35. The zero-order chi connectivity index (χ0) is 17.7. The number of piperidine rings is 1. The Labute approximate surface area is 156 Å². The van der Waals surface area contributed by atoms with E-state index in [1.807, 2.05) is 0 Å². The lowest BCUT2D eigenvalue weighted by molar-refractivity contribution is 0.0511. The number of carbonyl (C=O) groups is 1. The molecule has 0 aromatic heterocycles. The fraction of sp³-hybridized carbons (Fsp3) is 0.682. The van der Waals surface area contributed by atoms with E-state index in [2.05, 4.69) is 41.4 Å². The van der Waals surface area contributed by atoms with Gasteiger partial charge < -0.3 is 15.0 Å². The van der Waals surface area contributed by atoms with Crippen LogP contribution in [0.2, 0.25) is 0 Å². The van der Waals surface area contributed by atoms with E-state index in [0.717, 1.165) is 39.1 Å². The summed E-state index contributed by atoms with van der Waals surface area (Å²) in [6.45, 7) is 5.65. The Morgan fingerprint density at radius 3 is 2.54 bits per heavy atom. The summed E-state index contributed by atoms with van der Waals surface area (Å²) in [5, 5.41) is 3.44. The molecule has 1 unspecified atom stereocenters. The van der Waals surface area contributed by atoms with Gasteiger partial charge >= 0.3 is 6.03 Å². The summed E-state index contributed by atoms with van der Waals surface area (Å²) in [5.74, 6) is 1.95. The number of nitrogens with one attached hydrogen (secondary N) is 1. The van der Waals surface area contributed by atoms with Crippen molar-refractivity contribution < 1.29 is 9.53 Å². The highest BCUT2D eigenvalue weighted by Gasteiger charge is 2.61. The summed E-state index contributed by atoms with van der Waals surface area (Å²) < 4.78 is 5.52. The Kier molecular flexibility index (Phi) is 4.00. The number of hydrogen-bond acceptors (Lipinski definition) is 2. The molecule has 0 spiro atoms. The molecule has 1 aromatic carbocycles. The van der Waals surface area contributed by atoms with Crippen LogP contribution in [-0.2, 0) is 10.2 Å². The van der Waals surface area contributed by atoms with E-state index < -0.39 is 0 Å². The minimum atomic E-state index is 0.173. The first kappa shape index (κ1) is 16.6. The quantitative estimate of drug-likeness (QED) is 0.899. The summed E-state index contributed by atoms with van der Waals surface area (Å²) >= 11 is 0. The van der Waals surface area contributed by atoms with Crippen molar-refractivity contribution in [1.82, 2.24) is 10.2 Å². The fourth-order valence-electron chi connectivity index (χ4n) is 5.35. The van der Waals surface area contributed by atoms with Crippen molar-refractivity contribution in [3.63, 3.8) is 0 Å². The van der Waals surface area contributed by atoms with Gasteiger partial charge in [-0.3, -0.25) is 0 Å². The van der Waals surface area contributed by atoms with Crippen molar-refractivity contribution in [2.45, 2.75) is 50.5 Å². The van der Waals surface area contributed by atoms with E-state index >= 15 is 0 Å². The van der Waals surface area contributed by atoms with Crippen LogP contribution in [0.25, 0.3) is 0 Å². The third-order valence-electron chi connectivity index (χ3n) is 7.25. The summed E-state index contributed by atoms with van der Waals surface area (Å²) in [6, 6.07) is 9.48. The predicted molar refractivity (Wildman–Crippen MR) is 101 cm³/mol. The molecule has 1 aromatic rings. The van der Waals surface area contributed by atoms with Gasteiger partial charge in [-0.15, -0.1) is 0 Å². The first-order valence-electron chi connectivity index (χ1n) is 10.4. The van der Waals surface area contributed by atoms with Crippen molar-refractivity contribution in [3.8, 4) is 0 Å². The Morgan fingerprint density at radius 1 is 1.15 bits per heavy atom. The van der Waals surface area contributed by atoms with Crippen LogP contribution in [0.5, 0.6) is 0 Å². The standard InChI is InChI=1S/C22H30N2O2/c1-15-2-6-18(7-3-15)22-12-19(22)13-24(14-22)21(25)23-20(16-4-5-16)17-8-10-26-11-9-17/h2-3,6-7,16-17,19-20H,4-5,8-14H2,1H3,(H,23,25)/t19-,20?,22+/m0/s1. The number of aryl methyl sites for hydroxylation is 1. The van der Waals surface area contributed by atoms with Crippen molar-refractivity contribution in [2.75, 3.05) is 26.3 Å². The van der Waals surface area contributed by atoms with Gasteiger partial charge in [0.1, 0.15) is 0 Å². The minimum absolute atomic E-state index is 0.173. The van der Waals surface area contributed by atoms with E-state index in [-0.39, 0.29) is 11.4 Å². The molecular formula is C22H30N2O2.